The molecule has 216 valence electrons. The van der Waals surface area contributed by atoms with Crippen LogP contribution in [0.2, 0.25) is 0 Å². The van der Waals surface area contributed by atoms with Gasteiger partial charge in [0, 0.05) is 30.4 Å². The van der Waals surface area contributed by atoms with Crippen LogP contribution in [0.4, 0.5) is 5.69 Å². The Hall–Kier alpha value is -3.76. The largest absolute Gasteiger partial charge is 0.507 e. The van der Waals surface area contributed by atoms with Crippen LogP contribution in [0.15, 0.2) is 42.5 Å². The number of nitrogens with zero attached hydrogens (tertiary/aromatic N) is 1. The molecule has 3 atom stereocenters. The number of aromatic hydroxyl groups is 1. The molecule has 0 amide bonds. The summed E-state index contributed by atoms with van der Waals surface area (Å²) in [7, 11) is 0. The van der Waals surface area contributed by atoms with Gasteiger partial charge in [0.1, 0.15) is 18.5 Å². The number of carbonyl (C=O) groups is 4. The molecule has 0 spiro atoms. The Morgan fingerprint density at radius 2 is 1.57 bits per heavy atom. The number of ketones is 2. The Kier molecular flexibility index (Phi) is 11.2. The summed E-state index contributed by atoms with van der Waals surface area (Å²) in [5, 5.41) is 30.4. The van der Waals surface area contributed by atoms with Crippen LogP contribution in [-0.4, -0.2) is 76.8 Å². The number of hydrogen-bond donors (Lipinski definition) is 3. The van der Waals surface area contributed by atoms with Gasteiger partial charge in [0.15, 0.2) is 11.9 Å². The van der Waals surface area contributed by atoms with Crippen LogP contribution < -0.4 is 4.90 Å². The Morgan fingerprint density at radius 1 is 0.950 bits per heavy atom. The second kappa shape index (κ2) is 14.6. The number of carbonyl (C=O) groups excluding carboxylic acids is 4. The Bertz CT molecular complexity index is 1200. The summed E-state index contributed by atoms with van der Waals surface area (Å²) in [6, 6.07) is 10.8. The molecular formula is C30H37NO9. The number of phenolic OH excluding ortho intramolecular Hbond substituents is 1. The highest BCUT2D eigenvalue weighted by Crippen LogP contribution is 2.29. The van der Waals surface area contributed by atoms with E-state index in [2.05, 4.69) is 23.5 Å². The molecule has 0 bridgehead atoms. The third-order valence-electron chi connectivity index (χ3n) is 6.80. The quantitative estimate of drug-likeness (QED) is 0.129. The molecule has 10 heteroatoms. The molecule has 0 aromatic heterocycles. The molecule has 1 heterocycles. The first-order valence-electron chi connectivity index (χ1n) is 13.7. The van der Waals surface area contributed by atoms with Gasteiger partial charge in [-0.2, -0.15) is 0 Å². The zero-order chi connectivity index (χ0) is 29.2. The van der Waals surface area contributed by atoms with Crippen molar-refractivity contribution in [2.75, 3.05) is 24.6 Å². The normalized spacial score (nSPS) is 17.4. The van der Waals surface area contributed by atoms with Gasteiger partial charge >= 0.3 is 11.9 Å². The van der Waals surface area contributed by atoms with Crippen LogP contribution in [0.5, 0.6) is 5.75 Å². The van der Waals surface area contributed by atoms with Gasteiger partial charge in [-0.3, -0.25) is 9.59 Å². The maximum atomic E-state index is 13.4. The first-order valence-corrected chi connectivity index (χ1v) is 13.7. The Labute approximate surface area is 233 Å². The van der Waals surface area contributed by atoms with Crippen molar-refractivity contribution in [3.63, 3.8) is 0 Å². The fourth-order valence-corrected chi connectivity index (χ4v) is 4.50. The van der Waals surface area contributed by atoms with Crippen molar-refractivity contribution in [3.8, 4) is 5.75 Å². The van der Waals surface area contributed by atoms with E-state index in [-0.39, 0.29) is 22.4 Å². The fraction of sp³-hybridized carbons (Fsp3) is 0.467. The van der Waals surface area contributed by atoms with Crippen LogP contribution in [-0.2, 0) is 19.1 Å². The van der Waals surface area contributed by atoms with Crippen molar-refractivity contribution in [3.05, 3.63) is 59.2 Å². The molecule has 1 fully saturated rings. The summed E-state index contributed by atoms with van der Waals surface area (Å²) in [5.41, 5.74) is 0.698. The SMILES string of the molecule is CCCCCN(CCCCC)c1ccc(C(=O)c2ccccc2C(=O)OCC(O)C2OC(=O)C(O)C2=O)c(O)c1. The maximum absolute atomic E-state index is 13.4. The van der Waals surface area contributed by atoms with E-state index >= 15 is 0 Å². The van der Waals surface area contributed by atoms with Crippen LogP contribution in [0, 0.1) is 0 Å². The number of Topliss-reactive ketones (excluding diaryl/α,β-unsaturated/α-hetero) is 1. The van der Waals surface area contributed by atoms with Crippen LogP contribution in [0.1, 0.15) is 78.7 Å². The van der Waals surface area contributed by atoms with E-state index < -0.39 is 48.4 Å². The second-order valence-corrected chi connectivity index (χ2v) is 9.81. The van der Waals surface area contributed by atoms with E-state index in [9.17, 15) is 34.5 Å². The van der Waals surface area contributed by atoms with Crippen LogP contribution >= 0.6 is 0 Å². The number of hydrogen-bond acceptors (Lipinski definition) is 10. The molecule has 0 saturated carbocycles. The number of esters is 2. The minimum Gasteiger partial charge on any atom is -0.507 e. The van der Waals surface area contributed by atoms with Crippen LogP contribution in [0.3, 0.4) is 0 Å². The average Bonchev–Trinajstić information content (AvgIpc) is 3.21. The van der Waals surface area contributed by atoms with Gasteiger partial charge in [0.2, 0.25) is 11.9 Å². The lowest BCUT2D eigenvalue weighted by molar-refractivity contribution is -0.151. The molecule has 1 saturated heterocycles. The lowest BCUT2D eigenvalue weighted by atomic mass is 9.97. The molecule has 3 N–H and O–H groups in total. The van der Waals surface area contributed by atoms with Gasteiger partial charge in [0.05, 0.1) is 11.1 Å². The Balaban J connectivity index is 1.74. The average molecular weight is 556 g/mol. The summed E-state index contributed by atoms with van der Waals surface area (Å²) < 4.78 is 9.72. The van der Waals surface area contributed by atoms with E-state index in [0.29, 0.717) is 0 Å². The Morgan fingerprint density at radius 3 is 2.12 bits per heavy atom. The minimum absolute atomic E-state index is 0.0172. The van der Waals surface area contributed by atoms with E-state index in [1.165, 1.54) is 24.3 Å². The van der Waals surface area contributed by atoms with Crippen molar-refractivity contribution in [2.45, 2.75) is 70.7 Å². The molecule has 0 aliphatic carbocycles. The molecule has 2 aromatic carbocycles. The van der Waals surface area contributed by atoms with Gasteiger partial charge in [-0.15, -0.1) is 0 Å². The van der Waals surface area contributed by atoms with Crippen molar-refractivity contribution >= 4 is 29.2 Å². The summed E-state index contributed by atoms with van der Waals surface area (Å²) >= 11 is 0. The van der Waals surface area contributed by atoms with Crippen molar-refractivity contribution < 1.29 is 44.0 Å². The van der Waals surface area contributed by atoms with Crippen molar-refractivity contribution in [2.24, 2.45) is 0 Å². The van der Waals surface area contributed by atoms with Gasteiger partial charge in [0.25, 0.3) is 0 Å². The van der Waals surface area contributed by atoms with Crippen LogP contribution in [0.25, 0.3) is 0 Å². The second-order valence-electron chi connectivity index (χ2n) is 9.81. The molecule has 10 nitrogen and oxygen atoms in total. The number of anilines is 1. The molecule has 3 rings (SSSR count). The lowest BCUT2D eigenvalue weighted by Crippen LogP contribution is -2.38. The van der Waals surface area contributed by atoms with Gasteiger partial charge in [-0.25, -0.2) is 9.59 Å². The molecule has 0 radical (unpaired) electrons. The predicted molar refractivity (Wildman–Crippen MR) is 146 cm³/mol. The van der Waals surface area contributed by atoms with Gasteiger partial charge < -0.3 is 29.7 Å². The number of cyclic esters (lactones) is 1. The number of aliphatic hydroxyl groups excluding tert-OH is 2. The molecular weight excluding hydrogens is 518 g/mol. The van der Waals surface area contributed by atoms with Crippen molar-refractivity contribution in [1.29, 1.82) is 0 Å². The van der Waals surface area contributed by atoms with E-state index in [1.54, 1.807) is 18.2 Å². The molecule has 1 aliphatic heterocycles. The third-order valence-corrected chi connectivity index (χ3v) is 6.80. The topological polar surface area (TPSA) is 151 Å². The number of rotatable bonds is 15. The number of ether oxygens (including phenoxy) is 2. The maximum Gasteiger partial charge on any atom is 0.343 e. The monoisotopic (exact) mass is 555 g/mol. The van der Waals surface area contributed by atoms with Gasteiger partial charge in [-0.1, -0.05) is 57.7 Å². The van der Waals surface area contributed by atoms with E-state index in [1.807, 2.05) is 0 Å². The lowest BCUT2D eigenvalue weighted by Gasteiger charge is -2.25. The predicted octanol–water partition coefficient (Wildman–Crippen LogP) is 3.18. The first kappa shape index (κ1) is 30.8. The van der Waals surface area contributed by atoms with Gasteiger partial charge in [-0.05, 0) is 31.0 Å². The highest BCUT2D eigenvalue weighted by atomic mass is 16.6. The summed E-state index contributed by atoms with van der Waals surface area (Å²) in [6.45, 7) is 5.25. The number of phenols is 1. The van der Waals surface area contributed by atoms with Crippen molar-refractivity contribution in [1.82, 2.24) is 0 Å². The summed E-state index contributed by atoms with van der Waals surface area (Å²) in [4.78, 5) is 51.6. The number of unbranched alkanes of at least 4 members (excludes halogenated alkanes) is 4. The molecule has 3 unspecified atom stereocenters. The summed E-state index contributed by atoms with van der Waals surface area (Å²) in [5.74, 6) is -3.99. The zero-order valence-electron chi connectivity index (χ0n) is 22.9. The molecule has 40 heavy (non-hydrogen) atoms. The first-order chi connectivity index (χ1) is 19.2. The smallest absolute Gasteiger partial charge is 0.343 e. The fourth-order valence-electron chi connectivity index (χ4n) is 4.50. The third kappa shape index (κ3) is 7.45. The standard InChI is InChI=1S/C30H37NO9/c1-3-5-9-15-31(16-10-6-4-2)19-13-14-22(23(32)17-19)25(34)20-11-7-8-12-21(20)29(37)39-18-24(33)28-26(35)27(36)30(38)40-28/h7-8,11-14,17,24,27-28,32-33,36H,3-6,9-10,15-16,18H2,1-2H3. The van der Waals surface area contributed by atoms with E-state index in [4.69, 9.17) is 4.74 Å². The number of benzene rings is 2. The minimum atomic E-state index is -1.99. The molecule has 1 aliphatic rings. The van der Waals surface area contributed by atoms with E-state index in [0.717, 1.165) is 57.3 Å². The highest BCUT2D eigenvalue weighted by molar-refractivity contribution is 6.15. The summed E-state index contributed by atoms with van der Waals surface area (Å²) in [6.07, 6.45) is 1.07. The zero-order valence-corrected chi connectivity index (χ0v) is 22.9. The molecule has 2 aromatic rings. The highest BCUT2D eigenvalue weighted by Gasteiger charge is 2.46. The number of aliphatic hydroxyl groups is 2.